The van der Waals surface area contributed by atoms with E-state index in [1.807, 2.05) is 56.3 Å². The van der Waals surface area contributed by atoms with Gasteiger partial charge in [0, 0.05) is 12.2 Å². The Balaban J connectivity index is 1.60. The molecule has 3 rings (SSSR count). The van der Waals surface area contributed by atoms with E-state index in [0.29, 0.717) is 6.54 Å². The van der Waals surface area contributed by atoms with E-state index in [1.54, 1.807) is 6.07 Å². The summed E-state index contributed by atoms with van der Waals surface area (Å²) in [5, 5.41) is 0. The van der Waals surface area contributed by atoms with Crippen molar-refractivity contribution in [1.29, 1.82) is 0 Å². The molecule has 1 aliphatic rings. The van der Waals surface area contributed by atoms with E-state index in [0.717, 1.165) is 22.4 Å². The lowest BCUT2D eigenvalue weighted by molar-refractivity contribution is 0.143. The molecular weight excluding hydrogens is 352 g/mol. The fourth-order valence-electron chi connectivity index (χ4n) is 2.88. The predicted octanol–water partition coefficient (Wildman–Crippen LogP) is 2.75. The van der Waals surface area contributed by atoms with Gasteiger partial charge in [-0.3, -0.25) is 4.90 Å². The number of aryl methyl sites for hydroxylation is 2. The van der Waals surface area contributed by atoms with Gasteiger partial charge < -0.3 is 4.74 Å². The van der Waals surface area contributed by atoms with Crippen LogP contribution in [0, 0.1) is 13.8 Å². The third-order valence-electron chi connectivity index (χ3n) is 4.33. The highest BCUT2D eigenvalue weighted by molar-refractivity contribution is 7.88. The van der Waals surface area contributed by atoms with E-state index >= 15 is 0 Å². The van der Waals surface area contributed by atoms with Crippen molar-refractivity contribution >= 4 is 21.8 Å². The number of nitrogens with one attached hydrogen (secondary N) is 1. The molecule has 0 aliphatic carbocycles. The number of ether oxygens (including phenoxy) is 1. The lowest BCUT2D eigenvalue weighted by Crippen LogP contribution is -2.35. The minimum absolute atomic E-state index is 0.0578. The Labute approximate surface area is 153 Å². The second-order valence-corrected chi connectivity index (χ2v) is 8.30. The molecule has 1 N–H and O–H groups in total. The highest BCUT2D eigenvalue weighted by Crippen LogP contribution is 2.22. The van der Waals surface area contributed by atoms with Crippen molar-refractivity contribution < 1.29 is 17.9 Å². The van der Waals surface area contributed by atoms with E-state index in [9.17, 15) is 13.2 Å². The molecule has 0 bridgehead atoms. The van der Waals surface area contributed by atoms with Gasteiger partial charge in [-0.2, -0.15) is 0 Å². The molecule has 1 unspecified atom stereocenters. The van der Waals surface area contributed by atoms with Gasteiger partial charge in [0.25, 0.3) is 0 Å². The van der Waals surface area contributed by atoms with Gasteiger partial charge in [0.2, 0.25) is 10.0 Å². The largest absolute Gasteiger partial charge is 0.443 e. The maximum Gasteiger partial charge on any atom is 0.414 e. The second-order valence-electron chi connectivity index (χ2n) is 6.49. The van der Waals surface area contributed by atoms with Crippen LogP contribution in [-0.4, -0.2) is 33.7 Å². The van der Waals surface area contributed by atoms with Crippen LogP contribution in [0.2, 0.25) is 0 Å². The van der Waals surface area contributed by atoms with E-state index < -0.39 is 22.2 Å². The Bertz CT molecular complexity index is 911. The summed E-state index contributed by atoms with van der Waals surface area (Å²) in [5.41, 5.74) is 3.47. The zero-order valence-electron chi connectivity index (χ0n) is 14.8. The molecule has 1 atom stereocenters. The lowest BCUT2D eigenvalue weighted by Gasteiger charge is -2.14. The molecule has 1 amide bonds. The average molecular weight is 374 g/mol. The first kappa shape index (κ1) is 18.4. The number of hydrogen-bond acceptors (Lipinski definition) is 4. The van der Waals surface area contributed by atoms with Crippen LogP contribution in [-0.2, 0) is 20.5 Å². The Morgan fingerprint density at radius 3 is 2.65 bits per heavy atom. The number of anilines is 1. The standard InChI is InChI=1S/C19H22N2O4S/c1-14-6-5-9-17(10-14)21-12-18(25-19(21)22)11-20-26(23,24)13-16-8-4-3-7-15(16)2/h3-10,18,20H,11-13H2,1-2H3. The summed E-state index contributed by atoms with van der Waals surface area (Å²) >= 11 is 0. The SMILES string of the molecule is Cc1cccc(N2CC(CNS(=O)(=O)Cc3ccccc3C)OC2=O)c1. The molecule has 6 nitrogen and oxygen atoms in total. The fourth-order valence-corrected chi connectivity index (χ4v) is 4.16. The maximum atomic E-state index is 12.3. The smallest absolute Gasteiger partial charge is 0.414 e. The first-order chi connectivity index (χ1) is 12.3. The average Bonchev–Trinajstić information content (AvgIpc) is 2.96. The fraction of sp³-hybridized carbons (Fsp3) is 0.316. The van der Waals surface area contributed by atoms with Gasteiger partial charge in [0.15, 0.2) is 0 Å². The summed E-state index contributed by atoms with van der Waals surface area (Å²) in [7, 11) is -3.51. The number of amides is 1. The molecule has 1 aliphatic heterocycles. The normalized spacial score (nSPS) is 17.4. The van der Waals surface area contributed by atoms with Crippen LogP contribution in [0.15, 0.2) is 48.5 Å². The molecule has 26 heavy (non-hydrogen) atoms. The first-order valence-corrected chi connectivity index (χ1v) is 10.1. The van der Waals surface area contributed by atoms with E-state index in [1.165, 1.54) is 4.90 Å². The van der Waals surface area contributed by atoms with Crippen molar-refractivity contribution in [2.75, 3.05) is 18.0 Å². The number of benzene rings is 2. The molecule has 1 heterocycles. The van der Waals surface area contributed by atoms with Gasteiger partial charge in [0.1, 0.15) is 6.10 Å². The van der Waals surface area contributed by atoms with E-state index in [2.05, 4.69) is 4.72 Å². The quantitative estimate of drug-likeness (QED) is 0.844. The van der Waals surface area contributed by atoms with Crippen molar-refractivity contribution in [3.63, 3.8) is 0 Å². The third-order valence-corrected chi connectivity index (χ3v) is 5.62. The highest BCUT2D eigenvalue weighted by Gasteiger charge is 2.33. The van der Waals surface area contributed by atoms with Crippen molar-refractivity contribution in [3.8, 4) is 0 Å². The van der Waals surface area contributed by atoms with Gasteiger partial charge in [-0.1, -0.05) is 36.4 Å². The summed E-state index contributed by atoms with van der Waals surface area (Å²) in [6.45, 7) is 4.20. The van der Waals surface area contributed by atoms with Gasteiger partial charge in [-0.25, -0.2) is 17.9 Å². The lowest BCUT2D eigenvalue weighted by atomic mass is 10.1. The number of cyclic esters (lactones) is 1. The van der Waals surface area contributed by atoms with Gasteiger partial charge in [-0.15, -0.1) is 0 Å². The molecule has 2 aromatic carbocycles. The van der Waals surface area contributed by atoms with Crippen LogP contribution in [0.25, 0.3) is 0 Å². The number of rotatable bonds is 6. The Kier molecular flexibility index (Phi) is 5.29. The molecule has 2 aromatic rings. The van der Waals surface area contributed by atoms with Crippen LogP contribution in [0.1, 0.15) is 16.7 Å². The van der Waals surface area contributed by atoms with E-state index in [-0.39, 0.29) is 12.3 Å². The molecule has 1 fully saturated rings. The first-order valence-electron chi connectivity index (χ1n) is 8.41. The number of hydrogen-bond donors (Lipinski definition) is 1. The zero-order valence-corrected chi connectivity index (χ0v) is 15.6. The summed E-state index contributed by atoms with van der Waals surface area (Å²) in [5.74, 6) is -0.0953. The van der Waals surface area contributed by atoms with Gasteiger partial charge >= 0.3 is 6.09 Å². The number of carbonyl (C=O) groups is 1. The number of carbonyl (C=O) groups excluding carboxylic acids is 1. The zero-order chi connectivity index (χ0) is 18.7. The van der Waals surface area contributed by atoms with Crippen LogP contribution < -0.4 is 9.62 Å². The molecule has 7 heteroatoms. The van der Waals surface area contributed by atoms with Gasteiger partial charge in [-0.05, 0) is 42.7 Å². The molecule has 0 saturated carbocycles. The van der Waals surface area contributed by atoms with Crippen molar-refractivity contribution in [3.05, 3.63) is 65.2 Å². The summed E-state index contributed by atoms with van der Waals surface area (Å²) in [4.78, 5) is 13.6. The molecule has 0 radical (unpaired) electrons. The number of sulfonamides is 1. The van der Waals surface area contributed by atoms with E-state index in [4.69, 9.17) is 4.74 Å². The summed E-state index contributed by atoms with van der Waals surface area (Å²) in [6, 6.07) is 14.9. The van der Waals surface area contributed by atoms with Crippen LogP contribution >= 0.6 is 0 Å². The molecule has 1 saturated heterocycles. The number of nitrogens with zero attached hydrogens (tertiary/aromatic N) is 1. The van der Waals surface area contributed by atoms with Crippen LogP contribution in [0.4, 0.5) is 10.5 Å². The Hall–Kier alpha value is -2.38. The second kappa shape index (κ2) is 7.47. The summed E-state index contributed by atoms with van der Waals surface area (Å²) in [6.07, 6.45) is -0.978. The minimum atomic E-state index is -3.51. The molecule has 0 aromatic heterocycles. The monoisotopic (exact) mass is 374 g/mol. The maximum absolute atomic E-state index is 12.3. The van der Waals surface area contributed by atoms with Crippen molar-refractivity contribution in [1.82, 2.24) is 4.72 Å². The predicted molar refractivity (Wildman–Crippen MR) is 101 cm³/mol. The summed E-state index contributed by atoms with van der Waals surface area (Å²) < 4.78 is 32.5. The van der Waals surface area contributed by atoms with Gasteiger partial charge in [0.05, 0.1) is 12.3 Å². The van der Waals surface area contributed by atoms with Crippen LogP contribution in [0.5, 0.6) is 0 Å². The molecule has 0 spiro atoms. The Morgan fingerprint density at radius 1 is 1.15 bits per heavy atom. The topological polar surface area (TPSA) is 75.7 Å². The van der Waals surface area contributed by atoms with Crippen molar-refractivity contribution in [2.24, 2.45) is 0 Å². The highest BCUT2D eigenvalue weighted by atomic mass is 32.2. The molecular formula is C19H22N2O4S. The molecule has 138 valence electrons. The van der Waals surface area contributed by atoms with Crippen LogP contribution in [0.3, 0.4) is 0 Å². The third kappa shape index (κ3) is 4.42. The van der Waals surface area contributed by atoms with Crippen molar-refractivity contribution in [2.45, 2.75) is 25.7 Å². The minimum Gasteiger partial charge on any atom is -0.443 e. The Morgan fingerprint density at radius 2 is 1.92 bits per heavy atom.